The minimum atomic E-state index is -0.218. The van der Waals surface area contributed by atoms with E-state index >= 15 is 0 Å². The molecule has 2 nitrogen and oxygen atoms in total. The van der Waals surface area contributed by atoms with Gasteiger partial charge in [0, 0.05) is 3.57 Å². The van der Waals surface area contributed by atoms with Gasteiger partial charge in [-0.3, -0.25) is 0 Å². The Hall–Kier alpha value is -0.200. The molecule has 0 amide bonds. The molecule has 1 N–H and O–H groups in total. The average molecular weight is 309 g/mol. The highest BCUT2D eigenvalue weighted by Gasteiger charge is 2.13. The van der Waals surface area contributed by atoms with E-state index in [0.717, 1.165) is 5.56 Å². The molecule has 0 aliphatic carbocycles. The van der Waals surface area contributed by atoms with Gasteiger partial charge in [-0.1, -0.05) is 6.07 Å². The van der Waals surface area contributed by atoms with Crippen molar-refractivity contribution in [2.45, 2.75) is 6.04 Å². The van der Waals surface area contributed by atoms with Gasteiger partial charge in [0.15, 0.2) is 0 Å². The number of nitrogens with zero attached hydrogens (tertiary/aromatic N) is 1. The molecule has 78 valence electrons. The molecule has 0 heterocycles. The van der Waals surface area contributed by atoms with Crippen molar-refractivity contribution in [1.29, 1.82) is 0 Å². The van der Waals surface area contributed by atoms with Crippen LogP contribution in [0.1, 0.15) is 11.6 Å². The lowest BCUT2D eigenvalue weighted by Gasteiger charge is -2.22. The van der Waals surface area contributed by atoms with Gasteiger partial charge in [-0.25, -0.2) is 4.39 Å². The van der Waals surface area contributed by atoms with Crippen LogP contribution in [-0.4, -0.2) is 30.7 Å². The first-order chi connectivity index (χ1) is 6.56. The SMILES string of the molecule is CN(C)[C@H](CO)c1ccc(F)c(I)c1. The summed E-state index contributed by atoms with van der Waals surface area (Å²) in [5.41, 5.74) is 0.934. The van der Waals surface area contributed by atoms with Gasteiger partial charge < -0.3 is 10.0 Å². The molecular weight excluding hydrogens is 296 g/mol. The van der Waals surface area contributed by atoms with Crippen LogP contribution in [0.5, 0.6) is 0 Å². The van der Waals surface area contributed by atoms with Crippen LogP contribution in [0.25, 0.3) is 0 Å². The number of hydrogen-bond acceptors (Lipinski definition) is 2. The molecule has 0 saturated carbocycles. The Balaban J connectivity index is 3.00. The number of halogens is 2. The monoisotopic (exact) mass is 309 g/mol. The number of rotatable bonds is 3. The van der Waals surface area contributed by atoms with E-state index in [2.05, 4.69) is 0 Å². The molecule has 1 atom stereocenters. The first-order valence-corrected chi connectivity index (χ1v) is 5.36. The van der Waals surface area contributed by atoms with Crippen LogP contribution >= 0.6 is 22.6 Å². The molecule has 0 saturated heterocycles. The highest BCUT2D eigenvalue weighted by atomic mass is 127. The Morgan fingerprint density at radius 3 is 2.57 bits per heavy atom. The largest absolute Gasteiger partial charge is 0.394 e. The molecule has 1 aromatic carbocycles. The molecule has 1 rings (SSSR count). The molecule has 0 aromatic heterocycles. The van der Waals surface area contributed by atoms with E-state index in [0.29, 0.717) is 3.57 Å². The first kappa shape index (κ1) is 11.9. The van der Waals surface area contributed by atoms with Crippen LogP contribution in [0.15, 0.2) is 18.2 Å². The summed E-state index contributed by atoms with van der Waals surface area (Å²) in [4.78, 5) is 1.91. The van der Waals surface area contributed by atoms with Crippen LogP contribution in [0.4, 0.5) is 4.39 Å². The van der Waals surface area contributed by atoms with Crippen LogP contribution in [0.3, 0.4) is 0 Å². The molecule has 0 aliphatic heterocycles. The third kappa shape index (κ3) is 2.65. The average Bonchev–Trinajstić information content (AvgIpc) is 2.11. The summed E-state index contributed by atoms with van der Waals surface area (Å²) in [6.07, 6.45) is 0. The van der Waals surface area contributed by atoms with E-state index in [4.69, 9.17) is 0 Å². The minimum absolute atomic E-state index is 0.0364. The van der Waals surface area contributed by atoms with Crippen LogP contribution in [0.2, 0.25) is 0 Å². The van der Waals surface area contributed by atoms with E-state index in [1.807, 2.05) is 41.6 Å². The molecule has 1 aromatic rings. The van der Waals surface area contributed by atoms with Crippen LogP contribution in [0, 0.1) is 9.39 Å². The Bertz CT molecular complexity index is 317. The summed E-state index contributed by atoms with van der Waals surface area (Å²) >= 11 is 1.95. The number of hydrogen-bond donors (Lipinski definition) is 1. The van der Waals surface area contributed by atoms with Gasteiger partial charge in [0.2, 0.25) is 0 Å². The highest BCUT2D eigenvalue weighted by Crippen LogP contribution is 2.21. The topological polar surface area (TPSA) is 23.5 Å². The first-order valence-electron chi connectivity index (χ1n) is 4.28. The van der Waals surface area contributed by atoms with Crippen molar-refractivity contribution in [3.8, 4) is 0 Å². The maximum atomic E-state index is 13.0. The van der Waals surface area contributed by atoms with Gasteiger partial charge in [-0.2, -0.15) is 0 Å². The fourth-order valence-corrected chi connectivity index (χ4v) is 1.83. The smallest absolute Gasteiger partial charge is 0.136 e. The van der Waals surface area contributed by atoms with E-state index < -0.39 is 0 Å². The van der Waals surface area contributed by atoms with Gasteiger partial charge >= 0.3 is 0 Å². The molecule has 0 unspecified atom stereocenters. The lowest BCUT2D eigenvalue weighted by molar-refractivity contribution is 0.170. The predicted octanol–water partition coefficient (Wildman–Crippen LogP) is 2.03. The third-order valence-corrected chi connectivity index (χ3v) is 2.95. The fraction of sp³-hybridized carbons (Fsp3) is 0.400. The molecule has 0 fully saturated rings. The predicted molar refractivity (Wildman–Crippen MR) is 62.6 cm³/mol. The van der Waals surface area contributed by atoms with E-state index in [1.54, 1.807) is 12.1 Å². The molecule has 0 spiro atoms. The van der Waals surface area contributed by atoms with Crippen molar-refractivity contribution in [2.24, 2.45) is 0 Å². The third-order valence-electron chi connectivity index (χ3n) is 2.12. The molecule has 0 bridgehead atoms. The number of likely N-dealkylation sites (N-methyl/N-ethyl adjacent to an activating group) is 1. The van der Waals surface area contributed by atoms with Gasteiger partial charge in [0.1, 0.15) is 5.82 Å². The second kappa shape index (κ2) is 5.04. The van der Waals surface area contributed by atoms with Crippen molar-refractivity contribution in [1.82, 2.24) is 4.90 Å². The van der Waals surface area contributed by atoms with Crippen LogP contribution in [-0.2, 0) is 0 Å². The van der Waals surface area contributed by atoms with Gasteiger partial charge in [0.25, 0.3) is 0 Å². The second-order valence-electron chi connectivity index (χ2n) is 3.34. The summed E-state index contributed by atoms with van der Waals surface area (Å²) in [5, 5.41) is 9.17. The van der Waals surface area contributed by atoms with Crippen molar-refractivity contribution < 1.29 is 9.50 Å². The van der Waals surface area contributed by atoms with Crippen molar-refractivity contribution in [2.75, 3.05) is 20.7 Å². The summed E-state index contributed by atoms with van der Waals surface area (Å²) < 4.78 is 13.6. The zero-order chi connectivity index (χ0) is 10.7. The molecule has 0 aliphatic rings. The second-order valence-corrected chi connectivity index (χ2v) is 4.50. The lowest BCUT2D eigenvalue weighted by atomic mass is 10.1. The van der Waals surface area contributed by atoms with E-state index in [-0.39, 0.29) is 18.5 Å². The Morgan fingerprint density at radius 1 is 1.50 bits per heavy atom. The van der Waals surface area contributed by atoms with Crippen molar-refractivity contribution in [3.05, 3.63) is 33.1 Å². The van der Waals surface area contributed by atoms with E-state index in [1.165, 1.54) is 6.07 Å². The number of aliphatic hydroxyl groups excluding tert-OH is 1. The molecule has 14 heavy (non-hydrogen) atoms. The summed E-state index contributed by atoms with van der Waals surface area (Å²) in [5.74, 6) is -0.218. The van der Waals surface area contributed by atoms with Crippen molar-refractivity contribution in [3.63, 3.8) is 0 Å². The van der Waals surface area contributed by atoms with Gasteiger partial charge in [0.05, 0.1) is 12.6 Å². The maximum absolute atomic E-state index is 13.0. The Labute approximate surface area is 96.9 Å². The highest BCUT2D eigenvalue weighted by molar-refractivity contribution is 14.1. The van der Waals surface area contributed by atoms with Gasteiger partial charge in [-0.05, 0) is 54.4 Å². The normalized spacial score (nSPS) is 13.3. The fourth-order valence-electron chi connectivity index (χ4n) is 1.29. The quantitative estimate of drug-likeness (QED) is 0.864. The molecular formula is C10H13FINO. The van der Waals surface area contributed by atoms with Crippen molar-refractivity contribution >= 4 is 22.6 Å². The Kier molecular flexibility index (Phi) is 4.28. The minimum Gasteiger partial charge on any atom is -0.394 e. The zero-order valence-electron chi connectivity index (χ0n) is 8.17. The molecule has 4 heteroatoms. The molecule has 0 radical (unpaired) electrons. The van der Waals surface area contributed by atoms with Gasteiger partial charge in [-0.15, -0.1) is 0 Å². The zero-order valence-corrected chi connectivity index (χ0v) is 10.3. The number of benzene rings is 1. The summed E-state index contributed by atoms with van der Waals surface area (Å²) in [6, 6.07) is 4.84. The van der Waals surface area contributed by atoms with Crippen LogP contribution < -0.4 is 0 Å². The lowest BCUT2D eigenvalue weighted by Crippen LogP contribution is -2.23. The number of aliphatic hydroxyl groups is 1. The summed E-state index contributed by atoms with van der Waals surface area (Å²) in [7, 11) is 3.77. The maximum Gasteiger partial charge on any atom is 0.136 e. The standard InChI is InChI=1S/C10H13FINO/c1-13(2)10(6-14)7-3-4-8(11)9(12)5-7/h3-5,10,14H,6H2,1-2H3/t10-/m1/s1. The van der Waals surface area contributed by atoms with E-state index in [9.17, 15) is 9.50 Å². The Morgan fingerprint density at radius 2 is 2.14 bits per heavy atom. The summed E-state index contributed by atoms with van der Waals surface area (Å²) in [6.45, 7) is 0.0364.